The molecule has 1 unspecified atom stereocenters. The van der Waals surface area contributed by atoms with E-state index in [2.05, 4.69) is 11.9 Å². The number of carbonyl (C=O) groups excluding carboxylic acids is 1. The Bertz CT molecular complexity index is 399. The molecule has 0 bridgehead atoms. The van der Waals surface area contributed by atoms with E-state index in [0.717, 1.165) is 31.8 Å². The van der Waals surface area contributed by atoms with E-state index < -0.39 is 0 Å². The highest BCUT2D eigenvalue weighted by atomic mass is 16.2. The quantitative estimate of drug-likeness (QED) is 0.865. The molecule has 1 saturated heterocycles. The number of anilines is 1. The molecule has 0 aromatic carbocycles. The number of carbonyl (C=O) groups is 1. The van der Waals surface area contributed by atoms with Gasteiger partial charge in [0.1, 0.15) is 5.69 Å². The molecule has 4 heteroatoms. The van der Waals surface area contributed by atoms with Crippen LogP contribution in [0.4, 0.5) is 5.69 Å². The topological polar surface area (TPSA) is 62.1 Å². The van der Waals surface area contributed by atoms with E-state index in [9.17, 15) is 4.79 Å². The fourth-order valence-electron chi connectivity index (χ4n) is 2.77. The summed E-state index contributed by atoms with van der Waals surface area (Å²) in [6.07, 6.45) is 7.71. The molecule has 1 amide bonds. The summed E-state index contributed by atoms with van der Waals surface area (Å²) in [7, 11) is 0. The Labute approximate surface area is 109 Å². The summed E-state index contributed by atoms with van der Waals surface area (Å²) in [5, 5.41) is 0. The second kappa shape index (κ2) is 5.94. The Morgan fingerprint density at radius 2 is 2.33 bits per heavy atom. The predicted molar refractivity (Wildman–Crippen MR) is 73.4 cm³/mol. The van der Waals surface area contributed by atoms with Gasteiger partial charge in [0.2, 0.25) is 0 Å². The molecule has 0 aliphatic carbocycles. The molecule has 4 nitrogen and oxygen atoms in total. The number of nitrogens with one attached hydrogen (secondary N) is 1. The van der Waals surface area contributed by atoms with Crippen molar-refractivity contribution in [1.29, 1.82) is 0 Å². The highest BCUT2D eigenvalue weighted by Crippen LogP contribution is 2.22. The number of aromatic nitrogens is 1. The average molecular weight is 249 g/mol. The van der Waals surface area contributed by atoms with Gasteiger partial charge in [-0.05, 0) is 31.2 Å². The molecular formula is C14H23N3O. The lowest BCUT2D eigenvalue weighted by atomic mass is 9.96. The molecule has 2 heterocycles. The van der Waals surface area contributed by atoms with E-state index in [1.165, 1.54) is 19.3 Å². The zero-order valence-electron chi connectivity index (χ0n) is 11.1. The summed E-state index contributed by atoms with van der Waals surface area (Å²) >= 11 is 0. The molecule has 1 atom stereocenters. The molecule has 18 heavy (non-hydrogen) atoms. The highest BCUT2D eigenvalue weighted by Gasteiger charge is 2.21. The number of aromatic amines is 1. The zero-order valence-corrected chi connectivity index (χ0v) is 11.1. The van der Waals surface area contributed by atoms with Crippen molar-refractivity contribution >= 4 is 11.6 Å². The zero-order chi connectivity index (χ0) is 13.0. The Morgan fingerprint density at radius 3 is 3.00 bits per heavy atom. The molecule has 3 N–H and O–H groups in total. The Hall–Kier alpha value is -1.45. The molecule has 0 spiro atoms. The van der Waals surface area contributed by atoms with Gasteiger partial charge in [0.15, 0.2) is 0 Å². The maximum atomic E-state index is 12.3. The second-order valence-corrected chi connectivity index (χ2v) is 5.22. The van der Waals surface area contributed by atoms with Gasteiger partial charge in [-0.2, -0.15) is 0 Å². The summed E-state index contributed by atoms with van der Waals surface area (Å²) in [6.45, 7) is 3.98. The number of nitrogen functional groups attached to an aromatic ring is 1. The Balaban J connectivity index is 1.95. The smallest absolute Gasteiger partial charge is 0.270 e. The van der Waals surface area contributed by atoms with E-state index in [-0.39, 0.29) is 5.91 Å². The number of hydrogen-bond donors (Lipinski definition) is 2. The Morgan fingerprint density at radius 1 is 1.50 bits per heavy atom. The number of H-pyrrole nitrogens is 1. The van der Waals surface area contributed by atoms with Crippen molar-refractivity contribution in [3.05, 3.63) is 18.0 Å². The monoisotopic (exact) mass is 249 g/mol. The summed E-state index contributed by atoms with van der Waals surface area (Å²) in [6, 6.07) is 1.72. The van der Waals surface area contributed by atoms with Crippen LogP contribution in [0.15, 0.2) is 12.3 Å². The summed E-state index contributed by atoms with van der Waals surface area (Å²) in [5.41, 5.74) is 6.87. The lowest BCUT2D eigenvalue weighted by Crippen LogP contribution is -2.32. The number of hydrogen-bond acceptors (Lipinski definition) is 2. The molecular weight excluding hydrogens is 226 g/mol. The first-order valence-electron chi connectivity index (χ1n) is 6.94. The van der Waals surface area contributed by atoms with Gasteiger partial charge in [-0.15, -0.1) is 0 Å². The second-order valence-electron chi connectivity index (χ2n) is 5.22. The van der Waals surface area contributed by atoms with Crippen molar-refractivity contribution < 1.29 is 4.79 Å². The van der Waals surface area contributed by atoms with E-state index in [1.54, 1.807) is 12.3 Å². The molecule has 1 fully saturated rings. The number of likely N-dealkylation sites (tertiary alicyclic amines) is 1. The summed E-state index contributed by atoms with van der Waals surface area (Å²) < 4.78 is 0. The molecule has 1 aromatic rings. The standard InChI is InChI=1S/C14H23N3O/c1-2-4-11-5-3-7-17(8-6-11)14(18)13-9-12(15)10-16-13/h9-11,16H,2-8,15H2,1H3. The van der Waals surface area contributed by atoms with Crippen molar-refractivity contribution in [3.8, 4) is 0 Å². The number of amides is 1. The van der Waals surface area contributed by atoms with Gasteiger partial charge >= 0.3 is 0 Å². The van der Waals surface area contributed by atoms with Gasteiger partial charge in [0.05, 0.1) is 0 Å². The van der Waals surface area contributed by atoms with Crippen molar-refractivity contribution in [3.63, 3.8) is 0 Å². The van der Waals surface area contributed by atoms with Crippen LogP contribution in [0, 0.1) is 5.92 Å². The minimum Gasteiger partial charge on any atom is -0.397 e. The van der Waals surface area contributed by atoms with Gasteiger partial charge in [-0.3, -0.25) is 4.79 Å². The van der Waals surface area contributed by atoms with Gasteiger partial charge in [0.25, 0.3) is 5.91 Å². The molecule has 100 valence electrons. The van der Waals surface area contributed by atoms with Crippen LogP contribution in [0.1, 0.15) is 49.5 Å². The van der Waals surface area contributed by atoms with Crippen LogP contribution in [0.25, 0.3) is 0 Å². The van der Waals surface area contributed by atoms with Crippen LogP contribution in [0.5, 0.6) is 0 Å². The number of rotatable bonds is 3. The Kier molecular flexibility index (Phi) is 4.28. The largest absolute Gasteiger partial charge is 0.397 e. The third-order valence-electron chi connectivity index (χ3n) is 3.77. The fraction of sp³-hybridized carbons (Fsp3) is 0.643. The van der Waals surface area contributed by atoms with Gasteiger partial charge in [-0.1, -0.05) is 19.8 Å². The lowest BCUT2D eigenvalue weighted by Gasteiger charge is -2.19. The maximum Gasteiger partial charge on any atom is 0.270 e. The number of nitrogens with zero attached hydrogens (tertiary/aromatic N) is 1. The lowest BCUT2D eigenvalue weighted by molar-refractivity contribution is 0.0754. The predicted octanol–water partition coefficient (Wildman–Crippen LogP) is 2.64. The summed E-state index contributed by atoms with van der Waals surface area (Å²) in [4.78, 5) is 17.2. The SMILES string of the molecule is CCCC1CCCN(C(=O)c2cc(N)c[nH]2)CC1. The minimum absolute atomic E-state index is 0.0869. The minimum atomic E-state index is 0.0869. The fourth-order valence-corrected chi connectivity index (χ4v) is 2.77. The van der Waals surface area contributed by atoms with Crippen LogP contribution in [0.2, 0.25) is 0 Å². The molecule has 1 aromatic heterocycles. The van der Waals surface area contributed by atoms with Crippen LogP contribution in [-0.2, 0) is 0 Å². The average Bonchev–Trinajstić information content (AvgIpc) is 2.65. The molecule has 1 aliphatic heterocycles. The summed E-state index contributed by atoms with van der Waals surface area (Å²) in [5.74, 6) is 0.880. The van der Waals surface area contributed by atoms with E-state index in [4.69, 9.17) is 5.73 Å². The van der Waals surface area contributed by atoms with Crippen molar-refractivity contribution in [2.24, 2.45) is 5.92 Å². The van der Waals surface area contributed by atoms with Gasteiger partial charge < -0.3 is 15.6 Å². The van der Waals surface area contributed by atoms with Gasteiger partial charge in [0, 0.05) is 25.0 Å². The first-order valence-corrected chi connectivity index (χ1v) is 6.94. The van der Waals surface area contributed by atoms with E-state index >= 15 is 0 Å². The van der Waals surface area contributed by atoms with Crippen molar-refractivity contribution in [2.75, 3.05) is 18.8 Å². The van der Waals surface area contributed by atoms with Crippen LogP contribution < -0.4 is 5.73 Å². The van der Waals surface area contributed by atoms with Gasteiger partial charge in [-0.25, -0.2) is 0 Å². The molecule has 0 radical (unpaired) electrons. The normalized spacial score (nSPS) is 20.7. The van der Waals surface area contributed by atoms with Crippen molar-refractivity contribution in [1.82, 2.24) is 9.88 Å². The number of nitrogens with two attached hydrogens (primary N) is 1. The first kappa shape index (κ1) is 13.0. The molecule has 1 aliphatic rings. The molecule has 0 saturated carbocycles. The molecule has 2 rings (SSSR count). The third kappa shape index (κ3) is 3.06. The van der Waals surface area contributed by atoms with E-state index in [1.807, 2.05) is 4.90 Å². The first-order chi connectivity index (χ1) is 8.70. The van der Waals surface area contributed by atoms with Crippen LogP contribution in [-0.4, -0.2) is 28.9 Å². The van der Waals surface area contributed by atoms with Crippen LogP contribution in [0.3, 0.4) is 0 Å². The highest BCUT2D eigenvalue weighted by molar-refractivity contribution is 5.93. The van der Waals surface area contributed by atoms with Crippen LogP contribution >= 0.6 is 0 Å². The third-order valence-corrected chi connectivity index (χ3v) is 3.77. The van der Waals surface area contributed by atoms with E-state index in [0.29, 0.717) is 11.4 Å². The van der Waals surface area contributed by atoms with Crippen molar-refractivity contribution in [2.45, 2.75) is 39.0 Å². The maximum absolute atomic E-state index is 12.3.